The Morgan fingerprint density at radius 3 is 1.51 bits per heavy atom. The molecule has 0 heterocycles. The summed E-state index contributed by atoms with van der Waals surface area (Å²) in [5.74, 6) is 1.58. The Kier molecular flexibility index (Phi) is 8.19. The number of hydrogen-bond donors (Lipinski definition) is 2. The van der Waals surface area contributed by atoms with Gasteiger partial charge >= 0.3 is 0 Å². The van der Waals surface area contributed by atoms with Gasteiger partial charge in [0.15, 0.2) is 0 Å². The van der Waals surface area contributed by atoms with Crippen LogP contribution < -0.4 is 14.4 Å². The molecule has 0 fully saturated rings. The van der Waals surface area contributed by atoms with Crippen LogP contribution >= 0.6 is 0 Å². The summed E-state index contributed by atoms with van der Waals surface area (Å²) in [5, 5.41) is 25.6. The van der Waals surface area contributed by atoms with E-state index in [1.54, 1.807) is 0 Å². The molecule has 0 atom stereocenters. The summed E-state index contributed by atoms with van der Waals surface area (Å²) in [6.07, 6.45) is 1.22. The third kappa shape index (κ3) is 5.76. The predicted molar refractivity (Wildman–Crippen MR) is 185 cm³/mol. The number of aliphatic hydroxyl groups excluding tert-OH is 2. The van der Waals surface area contributed by atoms with E-state index < -0.39 is 0 Å². The number of hydrogen-bond acceptors (Lipinski definition) is 5. The molecule has 2 N–H and O–H groups in total. The van der Waals surface area contributed by atoms with Crippen molar-refractivity contribution in [3.05, 3.63) is 127 Å². The third-order valence-electron chi connectivity index (χ3n) is 8.30. The van der Waals surface area contributed by atoms with Crippen molar-refractivity contribution in [3.8, 4) is 22.6 Å². The van der Waals surface area contributed by atoms with Gasteiger partial charge in [0.2, 0.25) is 0 Å². The summed E-state index contributed by atoms with van der Waals surface area (Å²) in [6, 6.07) is 44.8. The molecule has 7 aromatic carbocycles. The third-order valence-corrected chi connectivity index (χ3v) is 8.30. The summed E-state index contributed by atoms with van der Waals surface area (Å²) in [5.41, 5.74) is 5.40. The highest BCUT2D eigenvalue weighted by molar-refractivity contribution is 6.25. The molecule has 0 saturated heterocycles. The predicted octanol–water partition coefficient (Wildman–Crippen LogP) is 9.24. The molecule has 0 aliphatic carbocycles. The van der Waals surface area contributed by atoms with E-state index in [1.807, 2.05) is 24.3 Å². The van der Waals surface area contributed by atoms with Crippen LogP contribution in [0, 0.1) is 0 Å². The average Bonchev–Trinajstić information content (AvgIpc) is 3.09. The highest BCUT2D eigenvalue weighted by atomic mass is 16.5. The molecule has 5 heteroatoms. The van der Waals surface area contributed by atoms with Gasteiger partial charge in [0.1, 0.15) is 11.5 Å². The molecule has 7 rings (SSSR count). The maximum Gasteiger partial charge on any atom is 0.119 e. The maximum atomic E-state index is 9.15. The van der Waals surface area contributed by atoms with Crippen LogP contribution in [-0.2, 0) is 0 Å². The zero-order valence-corrected chi connectivity index (χ0v) is 25.0. The van der Waals surface area contributed by atoms with Crippen molar-refractivity contribution in [2.24, 2.45) is 0 Å². The van der Waals surface area contributed by atoms with Gasteiger partial charge in [0, 0.05) is 42.8 Å². The first-order valence-electron chi connectivity index (χ1n) is 15.5. The van der Waals surface area contributed by atoms with Crippen molar-refractivity contribution in [2.45, 2.75) is 12.8 Å². The second kappa shape index (κ2) is 12.9. The van der Waals surface area contributed by atoms with E-state index in [4.69, 9.17) is 19.7 Å². The lowest BCUT2D eigenvalue weighted by Gasteiger charge is -2.28. The molecule has 0 aromatic heterocycles. The molecule has 0 saturated carbocycles. The molecule has 7 aromatic rings. The van der Waals surface area contributed by atoms with Crippen molar-refractivity contribution in [1.82, 2.24) is 0 Å². The van der Waals surface area contributed by atoms with Gasteiger partial charge < -0.3 is 24.6 Å². The molecular weight excluding hydrogens is 558 g/mol. The Labute approximate surface area is 262 Å². The van der Waals surface area contributed by atoms with Gasteiger partial charge in [-0.3, -0.25) is 0 Å². The van der Waals surface area contributed by atoms with Crippen LogP contribution in [0.1, 0.15) is 12.8 Å². The zero-order chi connectivity index (χ0) is 30.6. The second-order valence-electron chi connectivity index (χ2n) is 11.2. The van der Waals surface area contributed by atoms with E-state index in [1.165, 1.54) is 32.3 Å². The molecule has 5 nitrogen and oxygen atoms in total. The lowest BCUT2D eigenvalue weighted by molar-refractivity contribution is 0.233. The standard InChI is InChI=1S/C40H35NO4/c42-24-2-26-44-35-18-10-29(11-19-35)28-8-14-33(15-9-28)41(34-16-20-36(21-17-34)45-27-3-25-43)38-23-13-32-7-6-30-4-1-5-31-12-22-37(38)40(32)39(30)31/h1,4-23,42-43H,2-3,24-27H2. The number of rotatable bonds is 12. The van der Waals surface area contributed by atoms with E-state index in [0.717, 1.165) is 39.7 Å². The molecule has 0 spiro atoms. The average molecular weight is 594 g/mol. The first kappa shape index (κ1) is 28.7. The Morgan fingerprint density at radius 2 is 0.933 bits per heavy atom. The number of ether oxygens (including phenoxy) is 2. The second-order valence-corrected chi connectivity index (χ2v) is 11.2. The SMILES string of the molecule is OCCCOc1ccc(-c2ccc(N(c3ccc(OCCCO)cc3)c3ccc4ccc5cccc6ccc3c4c56)cc2)cc1. The van der Waals surface area contributed by atoms with Crippen LogP contribution in [0.3, 0.4) is 0 Å². The maximum absolute atomic E-state index is 9.15. The Bertz CT molecular complexity index is 2000. The summed E-state index contributed by atoms with van der Waals surface area (Å²) < 4.78 is 11.6. The van der Waals surface area contributed by atoms with Gasteiger partial charge in [-0.1, -0.05) is 72.8 Å². The number of benzene rings is 7. The highest BCUT2D eigenvalue weighted by Crippen LogP contribution is 2.44. The minimum absolute atomic E-state index is 0.110. The largest absolute Gasteiger partial charge is 0.494 e. The Morgan fingerprint density at radius 1 is 0.467 bits per heavy atom. The molecule has 0 aliphatic rings. The van der Waals surface area contributed by atoms with Crippen LogP contribution in [-0.4, -0.2) is 36.6 Å². The molecule has 0 amide bonds. The minimum Gasteiger partial charge on any atom is -0.494 e. The normalized spacial score (nSPS) is 11.4. The molecule has 0 radical (unpaired) electrons. The fourth-order valence-electron chi connectivity index (χ4n) is 6.09. The molecule has 0 bridgehead atoms. The monoisotopic (exact) mass is 593 g/mol. The molecule has 0 unspecified atom stereocenters. The fraction of sp³-hybridized carbons (Fsp3) is 0.150. The number of aliphatic hydroxyl groups is 2. The molecule has 224 valence electrons. The van der Waals surface area contributed by atoms with Crippen molar-refractivity contribution in [2.75, 3.05) is 31.3 Å². The summed E-state index contributed by atoms with van der Waals surface area (Å²) in [7, 11) is 0. The smallest absolute Gasteiger partial charge is 0.119 e. The van der Waals surface area contributed by atoms with Crippen LogP contribution in [0.25, 0.3) is 43.4 Å². The lowest BCUT2D eigenvalue weighted by Crippen LogP contribution is -2.10. The van der Waals surface area contributed by atoms with Crippen molar-refractivity contribution < 1.29 is 19.7 Å². The van der Waals surface area contributed by atoms with E-state index in [-0.39, 0.29) is 13.2 Å². The van der Waals surface area contributed by atoms with Crippen LogP contribution in [0.2, 0.25) is 0 Å². The number of anilines is 3. The summed E-state index contributed by atoms with van der Waals surface area (Å²) in [6.45, 7) is 1.21. The topological polar surface area (TPSA) is 62.2 Å². The first-order chi connectivity index (χ1) is 22.2. The van der Waals surface area contributed by atoms with Gasteiger partial charge in [0.05, 0.1) is 18.9 Å². The van der Waals surface area contributed by atoms with Gasteiger partial charge in [-0.25, -0.2) is 0 Å². The quantitative estimate of drug-likeness (QED) is 0.109. The first-order valence-corrected chi connectivity index (χ1v) is 15.5. The summed E-state index contributed by atoms with van der Waals surface area (Å²) in [4.78, 5) is 2.31. The van der Waals surface area contributed by atoms with Crippen LogP contribution in [0.15, 0.2) is 127 Å². The van der Waals surface area contributed by atoms with E-state index in [0.29, 0.717) is 26.1 Å². The number of nitrogens with zero attached hydrogens (tertiary/aromatic N) is 1. The van der Waals surface area contributed by atoms with Crippen molar-refractivity contribution >= 4 is 49.4 Å². The van der Waals surface area contributed by atoms with E-state index >= 15 is 0 Å². The van der Waals surface area contributed by atoms with Crippen LogP contribution in [0.4, 0.5) is 17.1 Å². The van der Waals surface area contributed by atoms with E-state index in [9.17, 15) is 0 Å². The van der Waals surface area contributed by atoms with Crippen LogP contribution in [0.5, 0.6) is 11.5 Å². The summed E-state index contributed by atoms with van der Waals surface area (Å²) >= 11 is 0. The van der Waals surface area contributed by atoms with E-state index in [2.05, 4.69) is 108 Å². The zero-order valence-electron chi connectivity index (χ0n) is 25.0. The van der Waals surface area contributed by atoms with Gasteiger partial charge in [-0.05, 0) is 92.7 Å². The highest BCUT2D eigenvalue weighted by Gasteiger charge is 2.18. The van der Waals surface area contributed by atoms with Crippen molar-refractivity contribution in [1.29, 1.82) is 0 Å². The molecule has 45 heavy (non-hydrogen) atoms. The van der Waals surface area contributed by atoms with Gasteiger partial charge in [-0.2, -0.15) is 0 Å². The fourth-order valence-corrected chi connectivity index (χ4v) is 6.09. The minimum atomic E-state index is 0.110. The molecular formula is C40H35NO4. The van der Waals surface area contributed by atoms with Gasteiger partial charge in [0.25, 0.3) is 0 Å². The Hall–Kier alpha value is -5.10. The van der Waals surface area contributed by atoms with Crippen molar-refractivity contribution in [3.63, 3.8) is 0 Å². The lowest BCUT2D eigenvalue weighted by atomic mass is 9.93. The molecule has 0 aliphatic heterocycles. The van der Waals surface area contributed by atoms with Gasteiger partial charge in [-0.15, -0.1) is 0 Å². The Balaban J connectivity index is 1.30.